The van der Waals surface area contributed by atoms with E-state index in [2.05, 4.69) is 10.2 Å². The highest BCUT2D eigenvalue weighted by atomic mass is 19.1. The van der Waals surface area contributed by atoms with Crippen LogP contribution in [0.25, 0.3) is 33.3 Å². The van der Waals surface area contributed by atoms with Gasteiger partial charge in [0.15, 0.2) is 11.6 Å². The molecule has 0 aliphatic carbocycles. The van der Waals surface area contributed by atoms with Gasteiger partial charge in [0.25, 0.3) is 0 Å². The van der Waals surface area contributed by atoms with Crippen molar-refractivity contribution >= 4 is 27.6 Å². The van der Waals surface area contributed by atoms with Gasteiger partial charge in [-0.05, 0) is 24.3 Å². The van der Waals surface area contributed by atoms with E-state index in [1.807, 2.05) is 30.3 Å². The van der Waals surface area contributed by atoms with Gasteiger partial charge in [0.2, 0.25) is 0 Å². The summed E-state index contributed by atoms with van der Waals surface area (Å²) >= 11 is 0. The van der Waals surface area contributed by atoms with Gasteiger partial charge in [-0.25, -0.2) is 4.39 Å². The number of aromatic amines is 1. The minimum atomic E-state index is -0.480. The number of furan rings is 1. The Bertz CT molecular complexity index is 906. The highest BCUT2D eigenvalue weighted by molar-refractivity contribution is 5.96. The number of hydrogen-bond donors (Lipinski definition) is 2. The molecule has 0 aliphatic rings. The average Bonchev–Trinajstić information content (AvgIpc) is 3.06. The lowest BCUT2D eigenvalue weighted by Crippen LogP contribution is -1.90. The van der Waals surface area contributed by atoms with Gasteiger partial charge in [-0.1, -0.05) is 18.2 Å². The van der Waals surface area contributed by atoms with Gasteiger partial charge in [-0.15, -0.1) is 0 Å². The fourth-order valence-corrected chi connectivity index (χ4v) is 2.37. The van der Waals surface area contributed by atoms with Gasteiger partial charge < -0.3 is 10.2 Å². The van der Waals surface area contributed by atoms with Crippen LogP contribution in [0.1, 0.15) is 0 Å². The number of H-pyrrole nitrogens is 1. The van der Waals surface area contributed by atoms with Crippen LogP contribution in [0.4, 0.5) is 10.1 Å². The second kappa shape index (κ2) is 3.84. The lowest BCUT2D eigenvalue weighted by atomic mass is 10.1. The number of benzene rings is 2. The molecule has 2 heterocycles. The van der Waals surface area contributed by atoms with Crippen LogP contribution >= 0.6 is 0 Å². The van der Waals surface area contributed by atoms with Crippen LogP contribution in [0.2, 0.25) is 0 Å². The molecule has 5 heteroatoms. The first kappa shape index (κ1) is 11.0. The summed E-state index contributed by atoms with van der Waals surface area (Å²) in [6.07, 6.45) is 0. The molecule has 4 nitrogen and oxygen atoms in total. The van der Waals surface area contributed by atoms with Gasteiger partial charge in [0.05, 0.1) is 16.6 Å². The van der Waals surface area contributed by atoms with E-state index >= 15 is 0 Å². The second-order valence-corrected chi connectivity index (χ2v) is 4.61. The molecule has 0 aliphatic heterocycles. The van der Waals surface area contributed by atoms with Crippen LogP contribution in [0, 0.1) is 5.82 Å². The Morgan fingerprint density at radius 3 is 2.85 bits per heavy atom. The van der Waals surface area contributed by atoms with E-state index in [1.165, 1.54) is 6.07 Å². The molecule has 4 aromatic rings. The predicted octanol–water partition coefficient (Wildman–Crippen LogP) is 3.70. The molecule has 98 valence electrons. The third-order valence-electron chi connectivity index (χ3n) is 3.36. The normalized spacial score (nSPS) is 11.4. The van der Waals surface area contributed by atoms with Crippen LogP contribution < -0.4 is 5.73 Å². The first-order valence-electron chi connectivity index (χ1n) is 6.15. The summed E-state index contributed by atoms with van der Waals surface area (Å²) in [4.78, 5) is 0. The largest absolute Gasteiger partial charge is 0.454 e. The molecule has 2 aromatic heterocycles. The maximum atomic E-state index is 14.2. The minimum absolute atomic E-state index is 0.0938. The molecule has 0 saturated heterocycles. The smallest absolute Gasteiger partial charge is 0.157 e. The Hall–Kier alpha value is -2.82. The molecule has 0 atom stereocenters. The number of rotatable bonds is 1. The number of halogens is 1. The molecule has 2 aromatic carbocycles. The molecular weight excluding hydrogens is 257 g/mol. The topological polar surface area (TPSA) is 67.8 Å². The SMILES string of the molecule is Nc1ccc2[nH]nc(-c3cc4ccccc4o3)c2c1F. The summed E-state index contributed by atoms with van der Waals surface area (Å²) in [7, 11) is 0. The quantitative estimate of drug-likeness (QED) is 0.517. The highest BCUT2D eigenvalue weighted by Crippen LogP contribution is 2.33. The Kier molecular flexibility index (Phi) is 2.12. The number of aromatic nitrogens is 2. The van der Waals surface area contributed by atoms with Crippen molar-refractivity contribution < 1.29 is 8.81 Å². The van der Waals surface area contributed by atoms with Crippen molar-refractivity contribution in [3.8, 4) is 11.5 Å². The molecule has 20 heavy (non-hydrogen) atoms. The summed E-state index contributed by atoms with van der Waals surface area (Å²) < 4.78 is 19.9. The molecule has 0 unspecified atom stereocenters. The van der Waals surface area contributed by atoms with Gasteiger partial charge in [0, 0.05) is 5.39 Å². The zero-order chi connectivity index (χ0) is 13.7. The maximum absolute atomic E-state index is 14.2. The van der Waals surface area contributed by atoms with Crippen molar-refractivity contribution in [3.05, 3.63) is 48.3 Å². The van der Waals surface area contributed by atoms with Gasteiger partial charge >= 0.3 is 0 Å². The predicted molar refractivity (Wildman–Crippen MR) is 75.7 cm³/mol. The summed E-state index contributed by atoms with van der Waals surface area (Å²) in [6.45, 7) is 0. The number of anilines is 1. The molecule has 4 rings (SSSR count). The molecular formula is C15H10FN3O. The van der Waals surface area contributed by atoms with Crippen molar-refractivity contribution in [1.29, 1.82) is 0 Å². The van der Waals surface area contributed by atoms with E-state index in [-0.39, 0.29) is 5.69 Å². The Balaban J connectivity index is 2.04. The van der Waals surface area contributed by atoms with E-state index in [0.717, 1.165) is 11.0 Å². The third-order valence-corrected chi connectivity index (χ3v) is 3.36. The molecule has 3 N–H and O–H groups in total. The number of nitrogen functional groups attached to an aromatic ring is 1. The number of nitrogens with one attached hydrogen (secondary N) is 1. The van der Waals surface area contributed by atoms with E-state index in [9.17, 15) is 4.39 Å². The third kappa shape index (κ3) is 1.43. The first-order chi connectivity index (χ1) is 9.74. The molecule has 0 amide bonds. The molecule has 0 fully saturated rings. The van der Waals surface area contributed by atoms with Crippen LogP contribution in [-0.4, -0.2) is 10.2 Å². The van der Waals surface area contributed by atoms with E-state index in [4.69, 9.17) is 10.2 Å². The lowest BCUT2D eigenvalue weighted by molar-refractivity contribution is 0.625. The Morgan fingerprint density at radius 1 is 1.15 bits per heavy atom. The average molecular weight is 267 g/mol. The highest BCUT2D eigenvalue weighted by Gasteiger charge is 2.17. The van der Waals surface area contributed by atoms with Crippen LogP contribution in [0.15, 0.2) is 46.9 Å². The maximum Gasteiger partial charge on any atom is 0.157 e. The van der Waals surface area contributed by atoms with E-state index < -0.39 is 5.82 Å². The standard InChI is InChI=1S/C15H10FN3O/c16-14-9(17)5-6-10-13(14)15(19-18-10)12-7-8-3-1-2-4-11(8)20-12/h1-7H,17H2,(H,18,19). The van der Waals surface area contributed by atoms with Gasteiger partial charge in [-0.2, -0.15) is 5.10 Å². The van der Waals surface area contributed by atoms with Crippen molar-refractivity contribution in [2.75, 3.05) is 5.73 Å². The number of fused-ring (bicyclic) bond motifs is 2. The molecule has 0 saturated carbocycles. The van der Waals surface area contributed by atoms with E-state index in [0.29, 0.717) is 22.4 Å². The van der Waals surface area contributed by atoms with Crippen molar-refractivity contribution in [1.82, 2.24) is 10.2 Å². The lowest BCUT2D eigenvalue weighted by Gasteiger charge is -1.98. The van der Waals surface area contributed by atoms with Crippen molar-refractivity contribution in [3.63, 3.8) is 0 Å². The van der Waals surface area contributed by atoms with Gasteiger partial charge in [-0.3, -0.25) is 5.10 Å². The molecule has 0 spiro atoms. The fourth-order valence-electron chi connectivity index (χ4n) is 2.37. The zero-order valence-corrected chi connectivity index (χ0v) is 10.4. The summed E-state index contributed by atoms with van der Waals surface area (Å²) in [5, 5.41) is 8.24. The summed E-state index contributed by atoms with van der Waals surface area (Å²) in [5.74, 6) is 0.0358. The van der Waals surface area contributed by atoms with Crippen LogP contribution in [0.5, 0.6) is 0 Å². The second-order valence-electron chi connectivity index (χ2n) is 4.61. The monoisotopic (exact) mass is 267 g/mol. The minimum Gasteiger partial charge on any atom is -0.454 e. The van der Waals surface area contributed by atoms with Crippen molar-refractivity contribution in [2.24, 2.45) is 0 Å². The number of para-hydroxylation sites is 1. The van der Waals surface area contributed by atoms with Crippen LogP contribution in [-0.2, 0) is 0 Å². The summed E-state index contributed by atoms with van der Waals surface area (Å²) in [6, 6.07) is 12.7. The molecule has 0 radical (unpaired) electrons. The van der Waals surface area contributed by atoms with Crippen LogP contribution in [0.3, 0.4) is 0 Å². The van der Waals surface area contributed by atoms with Crippen molar-refractivity contribution in [2.45, 2.75) is 0 Å². The Morgan fingerprint density at radius 2 is 2.00 bits per heavy atom. The molecule has 0 bridgehead atoms. The zero-order valence-electron chi connectivity index (χ0n) is 10.4. The first-order valence-corrected chi connectivity index (χ1v) is 6.15. The van der Waals surface area contributed by atoms with Gasteiger partial charge in [0.1, 0.15) is 11.3 Å². The Labute approximate surface area is 113 Å². The number of nitrogens with zero attached hydrogens (tertiary/aromatic N) is 1. The number of nitrogens with two attached hydrogens (primary N) is 1. The fraction of sp³-hybridized carbons (Fsp3) is 0. The van der Waals surface area contributed by atoms with E-state index in [1.54, 1.807) is 6.07 Å². The number of hydrogen-bond acceptors (Lipinski definition) is 3. The summed E-state index contributed by atoms with van der Waals surface area (Å²) in [5.41, 5.74) is 7.47.